The van der Waals surface area contributed by atoms with Crippen LogP contribution in [0.25, 0.3) is 0 Å². The van der Waals surface area contributed by atoms with E-state index in [2.05, 4.69) is 0 Å². The lowest BCUT2D eigenvalue weighted by molar-refractivity contribution is 0.372. The maximum atomic E-state index is 9.08. The summed E-state index contributed by atoms with van der Waals surface area (Å²) >= 11 is 0. The van der Waals surface area contributed by atoms with Crippen LogP contribution in [0, 0.1) is 0 Å². The molecule has 0 amide bonds. The molecular formula is C8H14O. The van der Waals surface area contributed by atoms with Crippen molar-refractivity contribution in [1.29, 1.82) is 0 Å². The van der Waals surface area contributed by atoms with E-state index < -0.39 is 0 Å². The van der Waals surface area contributed by atoms with Crippen molar-refractivity contribution in [2.45, 2.75) is 38.5 Å². The molecule has 1 N–H and O–H groups in total. The normalized spacial score (nSPS) is 27.8. The first-order valence-electron chi connectivity index (χ1n) is 3.77. The fraction of sp³-hybridized carbons (Fsp3) is 0.750. The minimum atomic E-state index is 0.606. The quantitative estimate of drug-likeness (QED) is 0.529. The van der Waals surface area contributed by atoms with E-state index in [1.807, 2.05) is 6.08 Å². The molecule has 9 heavy (non-hydrogen) atoms. The minimum Gasteiger partial charge on any atom is -0.513 e. The first-order chi connectivity index (χ1) is 4.39. The SMILES string of the molecule is O/C1=C\CCCCCC1. The predicted molar refractivity (Wildman–Crippen MR) is 38.4 cm³/mol. The molecule has 0 heterocycles. The molecule has 0 spiro atoms. The summed E-state index contributed by atoms with van der Waals surface area (Å²) in [6.45, 7) is 0. The van der Waals surface area contributed by atoms with Crippen LogP contribution in [0.4, 0.5) is 0 Å². The Kier molecular flexibility index (Phi) is 2.62. The maximum absolute atomic E-state index is 9.08. The van der Waals surface area contributed by atoms with Gasteiger partial charge in [0.25, 0.3) is 0 Å². The van der Waals surface area contributed by atoms with Gasteiger partial charge in [-0.3, -0.25) is 0 Å². The molecule has 1 heteroatoms. The van der Waals surface area contributed by atoms with E-state index in [1.54, 1.807) is 0 Å². The molecule has 0 saturated heterocycles. The van der Waals surface area contributed by atoms with Crippen LogP contribution in [0.5, 0.6) is 0 Å². The van der Waals surface area contributed by atoms with Crippen molar-refractivity contribution in [2.75, 3.05) is 0 Å². The molecule has 0 unspecified atom stereocenters. The van der Waals surface area contributed by atoms with Crippen LogP contribution in [-0.2, 0) is 0 Å². The van der Waals surface area contributed by atoms with Gasteiger partial charge in [-0.25, -0.2) is 0 Å². The molecule has 0 bridgehead atoms. The summed E-state index contributed by atoms with van der Waals surface area (Å²) in [5.41, 5.74) is 0. The van der Waals surface area contributed by atoms with Crippen molar-refractivity contribution < 1.29 is 5.11 Å². The Balaban J connectivity index is 2.32. The Hall–Kier alpha value is -0.460. The lowest BCUT2D eigenvalue weighted by Crippen LogP contribution is -1.87. The molecule has 1 aliphatic carbocycles. The highest BCUT2D eigenvalue weighted by Gasteiger charge is 1.97. The largest absolute Gasteiger partial charge is 0.513 e. The molecule has 52 valence electrons. The van der Waals surface area contributed by atoms with E-state index in [1.165, 1.54) is 25.7 Å². The Morgan fingerprint density at radius 1 is 1.11 bits per heavy atom. The lowest BCUT2D eigenvalue weighted by atomic mass is 10.1. The van der Waals surface area contributed by atoms with Crippen molar-refractivity contribution in [1.82, 2.24) is 0 Å². The Morgan fingerprint density at radius 2 is 1.89 bits per heavy atom. The molecule has 1 aliphatic rings. The predicted octanol–water partition coefficient (Wildman–Crippen LogP) is 2.78. The van der Waals surface area contributed by atoms with Crippen molar-refractivity contribution in [3.8, 4) is 0 Å². The number of hydrogen-bond donors (Lipinski definition) is 1. The second-order valence-corrected chi connectivity index (χ2v) is 2.65. The standard InChI is InChI=1S/C8H14O/c9-8-6-4-2-1-3-5-7-8/h6,9H,1-5,7H2/b8-6-. The van der Waals surface area contributed by atoms with Gasteiger partial charge in [-0.15, -0.1) is 0 Å². The third-order valence-corrected chi connectivity index (χ3v) is 1.77. The van der Waals surface area contributed by atoms with Gasteiger partial charge in [-0.1, -0.05) is 12.8 Å². The second kappa shape index (κ2) is 3.54. The van der Waals surface area contributed by atoms with Gasteiger partial charge in [0.1, 0.15) is 0 Å². The van der Waals surface area contributed by atoms with Gasteiger partial charge in [0.05, 0.1) is 5.76 Å². The maximum Gasteiger partial charge on any atom is 0.0882 e. The highest BCUT2D eigenvalue weighted by Crippen LogP contribution is 2.14. The summed E-state index contributed by atoms with van der Waals surface area (Å²) in [4.78, 5) is 0. The number of aliphatic hydroxyl groups is 1. The van der Waals surface area contributed by atoms with Crippen LogP contribution in [0.3, 0.4) is 0 Å². The van der Waals surface area contributed by atoms with Gasteiger partial charge in [-0.2, -0.15) is 0 Å². The van der Waals surface area contributed by atoms with E-state index in [0.29, 0.717) is 5.76 Å². The molecule has 0 radical (unpaired) electrons. The average molecular weight is 126 g/mol. The molecule has 0 atom stereocenters. The third kappa shape index (κ3) is 2.54. The molecule has 0 aromatic rings. The number of hydrogen-bond acceptors (Lipinski definition) is 1. The van der Waals surface area contributed by atoms with Crippen LogP contribution < -0.4 is 0 Å². The molecule has 0 aromatic heterocycles. The topological polar surface area (TPSA) is 20.2 Å². The molecule has 1 nitrogen and oxygen atoms in total. The first-order valence-corrected chi connectivity index (χ1v) is 3.77. The smallest absolute Gasteiger partial charge is 0.0882 e. The van der Waals surface area contributed by atoms with Gasteiger partial charge in [0.15, 0.2) is 0 Å². The number of rotatable bonds is 0. The third-order valence-electron chi connectivity index (χ3n) is 1.77. The van der Waals surface area contributed by atoms with E-state index in [-0.39, 0.29) is 0 Å². The van der Waals surface area contributed by atoms with Crippen LogP contribution in [0.1, 0.15) is 38.5 Å². The minimum absolute atomic E-state index is 0.606. The number of aliphatic hydroxyl groups excluding tert-OH is 1. The Bertz CT molecular complexity index is 105. The summed E-state index contributed by atoms with van der Waals surface area (Å²) in [6.07, 6.45) is 8.99. The molecular weight excluding hydrogens is 112 g/mol. The van der Waals surface area contributed by atoms with E-state index in [9.17, 15) is 0 Å². The van der Waals surface area contributed by atoms with Gasteiger partial charge in [0.2, 0.25) is 0 Å². The average Bonchev–Trinajstić information content (AvgIpc) is 1.79. The molecule has 0 fully saturated rings. The van der Waals surface area contributed by atoms with E-state index in [0.717, 1.165) is 12.8 Å². The summed E-state index contributed by atoms with van der Waals surface area (Å²) in [6, 6.07) is 0. The zero-order valence-electron chi connectivity index (χ0n) is 5.77. The first kappa shape index (κ1) is 6.66. The fourth-order valence-corrected chi connectivity index (χ4v) is 1.17. The molecule has 0 aliphatic heterocycles. The van der Waals surface area contributed by atoms with E-state index >= 15 is 0 Å². The highest BCUT2D eigenvalue weighted by atomic mass is 16.3. The van der Waals surface area contributed by atoms with E-state index in [4.69, 9.17) is 5.11 Å². The van der Waals surface area contributed by atoms with Gasteiger partial charge >= 0.3 is 0 Å². The summed E-state index contributed by atoms with van der Waals surface area (Å²) in [5, 5.41) is 9.08. The van der Waals surface area contributed by atoms with Crippen LogP contribution >= 0.6 is 0 Å². The molecule has 0 saturated carbocycles. The Morgan fingerprint density at radius 3 is 2.78 bits per heavy atom. The van der Waals surface area contributed by atoms with Gasteiger partial charge in [0, 0.05) is 6.42 Å². The highest BCUT2D eigenvalue weighted by molar-refractivity contribution is 4.91. The van der Waals surface area contributed by atoms with Crippen molar-refractivity contribution in [3.63, 3.8) is 0 Å². The Labute approximate surface area is 56.4 Å². The summed E-state index contributed by atoms with van der Waals surface area (Å²) in [7, 11) is 0. The summed E-state index contributed by atoms with van der Waals surface area (Å²) in [5.74, 6) is 0.606. The van der Waals surface area contributed by atoms with Crippen molar-refractivity contribution in [2.24, 2.45) is 0 Å². The van der Waals surface area contributed by atoms with Crippen molar-refractivity contribution >= 4 is 0 Å². The summed E-state index contributed by atoms with van der Waals surface area (Å²) < 4.78 is 0. The monoisotopic (exact) mass is 126 g/mol. The van der Waals surface area contributed by atoms with Crippen LogP contribution in [0.15, 0.2) is 11.8 Å². The zero-order valence-corrected chi connectivity index (χ0v) is 5.77. The van der Waals surface area contributed by atoms with Crippen LogP contribution in [-0.4, -0.2) is 5.11 Å². The zero-order chi connectivity index (χ0) is 6.53. The molecule has 0 aromatic carbocycles. The van der Waals surface area contributed by atoms with Gasteiger partial charge < -0.3 is 5.11 Å². The fourth-order valence-electron chi connectivity index (χ4n) is 1.17. The number of allylic oxidation sites excluding steroid dienone is 2. The van der Waals surface area contributed by atoms with Gasteiger partial charge in [-0.05, 0) is 25.3 Å². The molecule has 1 rings (SSSR count). The van der Waals surface area contributed by atoms with Crippen LogP contribution in [0.2, 0.25) is 0 Å². The van der Waals surface area contributed by atoms with Crippen molar-refractivity contribution in [3.05, 3.63) is 11.8 Å². The lowest BCUT2D eigenvalue weighted by Gasteiger charge is -2.04. The second-order valence-electron chi connectivity index (χ2n) is 2.65.